The van der Waals surface area contributed by atoms with Crippen molar-refractivity contribution in [3.05, 3.63) is 33.9 Å². The van der Waals surface area contributed by atoms with Crippen LogP contribution in [0.1, 0.15) is 19.4 Å². The second-order valence-electron chi connectivity index (χ2n) is 4.86. The molecule has 0 saturated heterocycles. The van der Waals surface area contributed by atoms with Crippen LogP contribution in [0, 0.1) is 23.0 Å². The van der Waals surface area contributed by atoms with E-state index in [1.807, 2.05) is 13.8 Å². The van der Waals surface area contributed by atoms with E-state index in [1.165, 1.54) is 25.1 Å². The molecule has 0 spiro atoms. The minimum absolute atomic E-state index is 0.0220. The minimum atomic E-state index is -3.84. The summed E-state index contributed by atoms with van der Waals surface area (Å²) in [5.41, 5.74) is 5.43. The fraction of sp³-hybridized carbons (Fsp3) is 0.500. The second kappa shape index (κ2) is 6.29. The number of nitrogens with one attached hydrogen (secondary N) is 1. The normalized spacial score (nSPS) is 13.4. The lowest BCUT2D eigenvalue weighted by Gasteiger charge is -2.20. The predicted molar refractivity (Wildman–Crippen MR) is 75.8 cm³/mol. The summed E-state index contributed by atoms with van der Waals surface area (Å²) in [6.45, 7) is 5.27. The van der Waals surface area contributed by atoms with E-state index in [-0.39, 0.29) is 28.6 Å². The van der Waals surface area contributed by atoms with Gasteiger partial charge in [-0.2, -0.15) is 0 Å². The highest BCUT2D eigenvalue weighted by molar-refractivity contribution is 7.89. The minimum Gasteiger partial charge on any atom is -0.329 e. The molecule has 1 unspecified atom stereocenters. The van der Waals surface area contributed by atoms with Gasteiger partial charge in [-0.1, -0.05) is 19.9 Å². The lowest BCUT2D eigenvalue weighted by atomic mass is 10.1. The molecule has 1 aromatic rings. The maximum atomic E-state index is 12.3. The molecule has 0 fully saturated rings. The Bertz CT molecular complexity index is 599. The molecule has 0 saturated carbocycles. The summed E-state index contributed by atoms with van der Waals surface area (Å²) >= 11 is 0. The average Bonchev–Trinajstić information content (AvgIpc) is 2.35. The molecule has 20 heavy (non-hydrogen) atoms. The molecule has 1 rings (SSSR count). The second-order valence-corrected chi connectivity index (χ2v) is 6.55. The molecule has 7 nitrogen and oxygen atoms in total. The van der Waals surface area contributed by atoms with Crippen LogP contribution in [0.25, 0.3) is 0 Å². The predicted octanol–water partition coefficient (Wildman–Crippen LogP) is 1.16. The number of nitro benzene ring substituents is 1. The average molecular weight is 301 g/mol. The van der Waals surface area contributed by atoms with E-state index >= 15 is 0 Å². The number of nitro groups is 1. The summed E-state index contributed by atoms with van der Waals surface area (Å²) in [5.74, 6) is 0.0220. The smallest absolute Gasteiger partial charge is 0.273 e. The third-order valence-electron chi connectivity index (χ3n) is 3.11. The molecule has 0 aliphatic carbocycles. The van der Waals surface area contributed by atoms with Crippen LogP contribution < -0.4 is 10.5 Å². The molecule has 8 heteroatoms. The maximum absolute atomic E-state index is 12.3. The number of nitrogens with zero attached hydrogens (tertiary/aromatic N) is 1. The zero-order valence-electron chi connectivity index (χ0n) is 11.7. The molecule has 0 aliphatic rings. The van der Waals surface area contributed by atoms with Gasteiger partial charge < -0.3 is 5.73 Å². The van der Waals surface area contributed by atoms with Gasteiger partial charge in [-0.3, -0.25) is 10.1 Å². The summed E-state index contributed by atoms with van der Waals surface area (Å²) in [6, 6.07) is 3.56. The highest BCUT2D eigenvalue weighted by Gasteiger charge is 2.26. The van der Waals surface area contributed by atoms with Gasteiger partial charge >= 0.3 is 0 Å². The third kappa shape index (κ3) is 3.53. The first-order chi connectivity index (χ1) is 9.20. The standard InChI is InChI=1S/C12H19N3O4S/c1-8(2)10(7-13)14-20(18,19)12-6-4-5-11(9(12)3)15(16)17/h4-6,8,10,14H,7,13H2,1-3H3. The topological polar surface area (TPSA) is 115 Å². The third-order valence-corrected chi connectivity index (χ3v) is 4.74. The van der Waals surface area contributed by atoms with Crippen LogP contribution in [0.3, 0.4) is 0 Å². The van der Waals surface area contributed by atoms with Gasteiger partial charge in [-0.25, -0.2) is 13.1 Å². The molecular formula is C12H19N3O4S. The molecule has 0 amide bonds. The first-order valence-electron chi connectivity index (χ1n) is 6.17. The Morgan fingerprint density at radius 1 is 1.40 bits per heavy atom. The summed E-state index contributed by atoms with van der Waals surface area (Å²) in [4.78, 5) is 10.2. The largest absolute Gasteiger partial charge is 0.329 e. The van der Waals surface area contributed by atoms with Gasteiger partial charge in [0.05, 0.1) is 9.82 Å². The van der Waals surface area contributed by atoms with Crippen molar-refractivity contribution in [2.75, 3.05) is 6.54 Å². The summed E-state index contributed by atoms with van der Waals surface area (Å²) in [6.07, 6.45) is 0. The Morgan fingerprint density at radius 3 is 2.45 bits per heavy atom. The van der Waals surface area contributed by atoms with Crippen molar-refractivity contribution in [3.8, 4) is 0 Å². The van der Waals surface area contributed by atoms with Crippen LogP contribution in [0.5, 0.6) is 0 Å². The van der Waals surface area contributed by atoms with Crippen molar-refractivity contribution in [3.63, 3.8) is 0 Å². The Labute approximate surface area is 118 Å². The summed E-state index contributed by atoms with van der Waals surface area (Å²) in [7, 11) is -3.84. The van der Waals surface area contributed by atoms with Gasteiger partial charge in [-0.05, 0) is 18.9 Å². The molecule has 0 radical (unpaired) electrons. The van der Waals surface area contributed by atoms with Crippen molar-refractivity contribution in [1.82, 2.24) is 4.72 Å². The number of benzene rings is 1. The fourth-order valence-electron chi connectivity index (χ4n) is 1.81. The van der Waals surface area contributed by atoms with E-state index in [1.54, 1.807) is 0 Å². The highest BCUT2D eigenvalue weighted by Crippen LogP contribution is 2.25. The SMILES string of the molecule is Cc1c([N+](=O)[O-])cccc1S(=O)(=O)NC(CN)C(C)C. The van der Waals surface area contributed by atoms with E-state index in [2.05, 4.69) is 4.72 Å². The lowest BCUT2D eigenvalue weighted by molar-refractivity contribution is -0.385. The van der Waals surface area contributed by atoms with Crippen LogP contribution in [0.15, 0.2) is 23.1 Å². The van der Waals surface area contributed by atoms with Gasteiger partial charge in [-0.15, -0.1) is 0 Å². The van der Waals surface area contributed by atoms with Crippen LogP contribution in [-0.4, -0.2) is 25.9 Å². The van der Waals surface area contributed by atoms with E-state index in [0.29, 0.717) is 0 Å². The summed E-state index contributed by atoms with van der Waals surface area (Å²) in [5, 5.41) is 10.9. The Morgan fingerprint density at radius 2 is 2.00 bits per heavy atom. The zero-order chi connectivity index (χ0) is 15.5. The van der Waals surface area contributed by atoms with E-state index in [9.17, 15) is 18.5 Å². The van der Waals surface area contributed by atoms with E-state index in [0.717, 1.165) is 0 Å². The van der Waals surface area contributed by atoms with Crippen LogP contribution >= 0.6 is 0 Å². The van der Waals surface area contributed by atoms with E-state index in [4.69, 9.17) is 5.73 Å². The van der Waals surface area contributed by atoms with Crippen molar-refractivity contribution < 1.29 is 13.3 Å². The lowest BCUT2D eigenvalue weighted by Crippen LogP contribution is -2.43. The molecular weight excluding hydrogens is 282 g/mol. The number of nitrogens with two attached hydrogens (primary N) is 1. The Hall–Kier alpha value is -1.51. The Kier molecular flexibility index (Phi) is 5.21. The molecule has 0 aromatic heterocycles. The van der Waals surface area contributed by atoms with Crippen LogP contribution in [-0.2, 0) is 10.0 Å². The molecule has 0 bridgehead atoms. The Balaban J connectivity index is 3.23. The van der Waals surface area contributed by atoms with Gasteiger partial charge in [0.2, 0.25) is 10.0 Å². The van der Waals surface area contributed by atoms with Gasteiger partial charge in [0.25, 0.3) is 5.69 Å². The van der Waals surface area contributed by atoms with Crippen molar-refractivity contribution in [1.29, 1.82) is 0 Å². The number of sulfonamides is 1. The first kappa shape index (κ1) is 16.5. The van der Waals surface area contributed by atoms with Gasteiger partial charge in [0, 0.05) is 24.2 Å². The highest BCUT2D eigenvalue weighted by atomic mass is 32.2. The van der Waals surface area contributed by atoms with Crippen molar-refractivity contribution in [2.24, 2.45) is 11.7 Å². The first-order valence-corrected chi connectivity index (χ1v) is 7.65. The fourth-order valence-corrected chi connectivity index (χ4v) is 3.47. The number of hydrogen-bond acceptors (Lipinski definition) is 5. The number of rotatable bonds is 6. The van der Waals surface area contributed by atoms with Crippen molar-refractivity contribution >= 4 is 15.7 Å². The molecule has 112 valence electrons. The molecule has 1 atom stereocenters. The molecule has 1 aromatic carbocycles. The van der Waals surface area contributed by atoms with Gasteiger partial charge in [0.1, 0.15) is 0 Å². The van der Waals surface area contributed by atoms with Crippen LogP contribution in [0.4, 0.5) is 5.69 Å². The van der Waals surface area contributed by atoms with Crippen molar-refractivity contribution in [2.45, 2.75) is 31.7 Å². The maximum Gasteiger partial charge on any atom is 0.273 e. The molecule has 0 aliphatic heterocycles. The van der Waals surface area contributed by atoms with Crippen LogP contribution in [0.2, 0.25) is 0 Å². The van der Waals surface area contributed by atoms with Gasteiger partial charge in [0.15, 0.2) is 0 Å². The number of hydrogen-bond donors (Lipinski definition) is 2. The summed E-state index contributed by atoms with van der Waals surface area (Å²) < 4.78 is 27.1. The quantitative estimate of drug-likeness (QED) is 0.604. The zero-order valence-corrected chi connectivity index (χ0v) is 12.5. The molecule has 0 heterocycles. The monoisotopic (exact) mass is 301 g/mol. The van der Waals surface area contributed by atoms with E-state index < -0.39 is 21.0 Å². The molecule has 3 N–H and O–H groups in total.